The second-order valence-electron chi connectivity index (χ2n) is 2.42. The number of hydrogen-bond acceptors (Lipinski definition) is 3. The van der Waals surface area contributed by atoms with E-state index in [0.717, 1.165) is 0 Å². The number of alkyl carbamates (subject to hydrolysis) is 1. The molecule has 0 aliphatic heterocycles. The van der Waals surface area contributed by atoms with Gasteiger partial charge in [0.2, 0.25) is 0 Å². The zero-order valence-electron chi connectivity index (χ0n) is 7.89. The van der Waals surface area contributed by atoms with Crippen LogP contribution in [0.5, 0.6) is 0 Å². The summed E-state index contributed by atoms with van der Waals surface area (Å²) in [7, 11) is 1.31. The molecule has 1 amide bonds. The monoisotopic (exact) mass is 318 g/mol. The number of carbonyl (C=O) groups excluding carboxylic acids is 2. The minimum absolute atomic E-state index is 0.0369. The van der Waals surface area contributed by atoms with E-state index in [9.17, 15) is 9.59 Å². The third-order valence-electron chi connectivity index (χ3n) is 1.37. The summed E-state index contributed by atoms with van der Waals surface area (Å²) in [4.78, 5) is 24.0. The van der Waals surface area contributed by atoms with Gasteiger partial charge < -0.3 is 0 Å². The van der Waals surface area contributed by atoms with Crippen molar-refractivity contribution in [2.75, 3.05) is 18.6 Å². The average molecular weight is 318 g/mol. The molecular formula is C7H14INO3P-. The van der Waals surface area contributed by atoms with Crippen LogP contribution in [0.3, 0.4) is 0 Å². The van der Waals surface area contributed by atoms with Crippen LogP contribution < -0.4 is 26.0 Å². The van der Waals surface area contributed by atoms with Crippen LogP contribution in [0.1, 0.15) is 6.92 Å². The van der Waals surface area contributed by atoms with Crippen molar-refractivity contribution in [1.29, 1.82) is 0 Å². The summed E-state index contributed by atoms with van der Waals surface area (Å²) in [6.07, 6.45) is -0.0256. The Hall–Kier alpha value is 0.1000. The predicted molar refractivity (Wildman–Crippen MR) is 48.8 cm³/mol. The van der Waals surface area contributed by atoms with E-state index in [0.29, 0.717) is 12.8 Å². The normalized spacial score (nSPS) is 13.2. The number of nitrogens with one attached hydrogen (secondary N) is 1. The van der Waals surface area contributed by atoms with Crippen molar-refractivity contribution < 1.29 is 35.0 Å². The van der Waals surface area contributed by atoms with Gasteiger partial charge in [0.25, 0.3) is 0 Å². The van der Waals surface area contributed by atoms with Crippen molar-refractivity contribution in [3.05, 3.63) is 0 Å². The third-order valence-corrected chi connectivity index (χ3v) is 5.45. The Kier molecular flexibility index (Phi) is 7.56. The van der Waals surface area contributed by atoms with Crippen LogP contribution in [0.4, 0.5) is 4.79 Å². The first-order valence-corrected chi connectivity index (χ1v) is 9.99. The molecule has 0 bridgehead atoms. The summed E-state index contributed by atoms with van der Waals surface area (Å²) in [5, 5.41) is 2.51. The summed E-state index contributed by atoms with van der Waals surface area (Å²) >= 11 is 0.0369. The van der Waals surface area contributed by atoms with E-state index >= 15 is 0 Å². The van der Waals surface area contributed by atoms with Gasteiger partial charge in [-0.05, 0) is 0 Å². The molecule has 6 heteroatoms. The summed E-state index contributed by atoms with van der Waals surface area (Å²) in [5.41, 5.74) is 0.256. The molecule has 0 heterocycles. The molecule has 0 aliphatic carbocycles. The fraction of sp³-hybridized carbons (Fsp3) is 0.714. The molecule has 0 aromatic heterocycles. The number of hydrogen-bond donors (Lipinski definition) is 1. The van der Waals surface area contributed by atoms with E-state index in [4.69, 9.17) is 0 Å². The molecule has 0 radical (unpaired) electrons. The molecule has 13 heavy (non-hydrogen) atoms. The molecule has 0 saturated carbocycles. The number of alkyl halides is 1. The van der Waals surface area contributed by atoms with Gasteiger partial charge >= 0.3 is 89.6 Å². The topological polar surface area (TPSA) is 55.4 Å². The molecule has 0 saturated heterocycles. The summed E-state index contributed by atoms with van der Waals surface area (Å²) in [5.74, 6) is -0.0860. The van der Waals surface area contributed by atoms with Crippen LogP contribution >= 0.6 is 6.22 Å². The Bertz CT molecular complexity index is 189. The zero-order valence-corrected chi connectivity index (χ0v) is 11.0. The molecular weight excluding hydrogens is 304 g/mol. The number of carbonyl (C=O) groups is 2. The molecule has 0 aromatic carbocycles. The van der Waals surface area contributed by atoms with E-state index in [-0.39, 0.29) is 32.1 Å². The van der Waals surface area contributed by atoms with E-state index in [1.807, 2.05) is 6.92 Å². The molecule has 0 rings (SSSR count). The molecule has 0 fully saturated rings. The van der Waals surface area contributed by atoms with Crippen molar-refractivity contribution in [2.45, 2.75) is 6.92 Å². The molecule has 0 aromatic rings. The van der Waals surface area contributed by atoms with E-state index in [1.165, 1.54) is 7.11 Å². The molecule has 0 aliphatic rings. The Morgan fingerprint density at radius 3 is 2.69 bits per heavy atom. The fourth-order valence-corrected chi connectivity index (χ4v) is 4.25. The number of amides is 1. The molecule has 78 valence electrons. The van der Waals surface area contributed by atoms with E-state index < -0.39 is 6.09 Å². The Balaban J connectivity index is 3.67. The predicted octanol–water partition coefficient (Wildman–Crippen LogP) is -2.18. The number of rotatable bonds is 5. The van der Waals surface area contributed by atoms with E-state index in [2.05, 4.69) is 15.0 Å². The first-order valence-electron chi connectivity index (χ1n) is 3.72. The van der Waals surface area contributed by atoms with Crippen molar-refractivity contribution in [3.8, 4) is 0 Å². The first-order chi connectivity index (χ1) is 6.11. The van der Waals surface area contributed by atoms with Gasteiger partial charge in [-0.15, -0.1) is 0 Å². The standard InChI is InChI=1S/C7H14INO3P/c1-5(6(10)13-8-2)4-9-7(11)12-3/h5,13H,4H2,1-3H3,(H,9,11)/q-1. The maximum absolute atomic E-state index is 11.3. The van der Waals surface area contributed by atoms with Gasteiger partial charge in [-0.25, -0.2) is 0 Å². The Morgan fingerprint density at radius 2 is 2.23 bits per heavy atom. The molecule has 1 N–H and O–H groups in total. The minimum atomic E-state index is -0.478. The van der Waals surface area contributed by atoms with E-state index in [1.54, 1.807) is 0 Å². The van der Waals surface area contributed by atoms with Crippen molar-refractivity contribution >= 4 is 17.8 Å². The van der Waals surface area contributed by atoms with Gasteiger partial charge in [0.05, 0.1) is 0 Å². The van der Waals surface area contributed by atoms with Crippen LogP contribution in [-0.4, -0.2) is 30.2 Å². The van der Waals surface area contributed by atoms with Crippen LogP contribution in [-0.2, 0) is 9.53 Å². The van der Waals surface area contributed by atoms with Gasteiger partial charge in [0.1, 0.15) is 0 Å². The summed E-state index contributed by atoms with van der Waals surface area (Å²) in [6.45, 7) is 2.20. The SMILES string of the molecule is COC(=O)NCC(C)C(=O)P[I-]C. The molecule has 0 spiro atoms. The van der Waals surface area contributed by atoms with Crippen molar-refractivity contribution in [1.82, 2.24) is 5.32 Å². The fourth-order valence-electron chi connectivity index (χ4n) is 0.588. The second kappa shape index (κ2) is 7.50. The van der Waals surface area contributed by atoms with Crippen LogP contribution in [0.25, 0.3) is 0 Å². The van der Waals surface area contributed by atoms with Crippen molar-refractivity contribution in [2.24, 2.45) is 5.92 Å². The molecule has 2 unspecified atom stereocenters. The van der Waals surface area contributed by atoms with Gasteiger partial charge in [-0.2, -0.15) is 0 Å². The Labute approximate surface area is 89.6 Å². The van der Waals surface area contributed by atoms with Gasteiger partial charge in [0, 0.05) is 0 Å². The first kappa shape index (κ1) is 13.1. The van der Waals surface area contributed by atoms with Crippen LogP contribution in [0.2, 0.25) is 0 Å². The van der Waals surface area contributed by atoms with Crippen molar-refractivity contribution in [3.63, 3.8) is 0 Å². The maximum atomic E-state index is 11.3. The van der Waals surface area contributed by atoms with Gasteiger partial charge in [-0.3, -0.25) is 0 Å². The zero-order chi connectivity index (χ0) is 10.3. The summed E-state index contributed by atoms with van der Waals surface area (Å²) in [6, 6.07) is 0. The van der Waals surface area contributed by atoms with Gasteiger partial charge in [0.15, 0.2) is 0 Å². The molecule has 4 nitrogen and oxygen atoms in total. The third kappa shape index (κ3) is 6.21. The average Bonchev–Trinajstić information content (AvgIpc) is 2.13. The summed E-state index contributed by atoms with van der Waals surface area (Å²) < 4.78 is 4.39. The van der Waals surface area contributed by atoms with Gasteiger partial charge in [-0.1, -0.05) is 0 Å². The Morgan fingerprint density at radius 1 is 1.62 bits per heavy atom. The second-order valence-corrected chi connectivity index (χ2v) is 8.34. The number of halogens is 1. The number of ether oxygens (including phenoxy) is 1. The van der Waals surface area contributed by atoms with Crippen LogP contribution in [0, 0.1) is 5.92 Å². The quantitative estimate of drug-likeness (QED) is 0.356. The number of methoxy groups -OCH3 is 1. The van der Waals surface area contributed by atoms with Crippen LogP contribution in [0.15, 0.2) is 0 Å². The molecule has 2 atom stereocenters.